The Bertz CT molecular complexity index is 2000. The molecule has 1 saturated carbocycles. The first-order valence-corrected chi connectivity index (χ1v) is 23.8. The standard InChI is InChI=1S/C51H69N5O11/c1-51-19-6-3-2-4-11-43(51)44(51)39-67-50(60)53-21-27-62-33-32-61-26-9-14-47(57)40-15-17-41(18-16-40)48(45-12-5-7-20-52-45)56-24-30-65-36-34-63-28-22-55(23-29-64-35-37-66-31-25-56)38-42-10-8-13-46(54-42)49(58)59/h5,7-8,10,12-13,15-18,20,43-44,48H,4,6,9,11,14,19,21-39H2,1H3,(H,53,60)(H,58,59)/t43-,44+,48?,51-/m0/s1. The van der Waals surface area contributed by atoms with E-state index >= 15 is 0 Å². The minimum absolute atomic E-state index is 0.0184. The zero-order valence-corrected chi connectivity index (χ0v) is 39.1. The summed E-state index contributed by atoms with van der Waals surface area (Å²) in [5.74, 6) is 6.45. The van der Waals surface area contributed by atoms with Crippen LogP contribution in [0, 0.1) is 29.1 Å². The van der Waals surface area contributed by atoms with E-state index in [1.54, 1.807) is 12.3 Å². The van der Waals surface area contributed by atoms with E-state index in [0.717, 1.165) is 36.9 Å². The lowest BCUT2D eigenvalue weighted by molar-refractivity contribution is 0.00332. The molecule has 4 atom stereocenters. The highest BCUT2D eigenvalue weighted by Gasteiger charge is 2.60. The Hall–Kier alpha value is -4.83. The fraction of sp³-hybridized carbons (Fsp3) is 0.588. The molecule has 1 saturated heterocycles. The Morgan fingerprint density at radius 1 is 0.821 bits per heavy atom. The minimum Gasteiger partial charge on any atom is -0.477 e. The van der Waals surface area contributed by atoms with Gasteiger partial charge in [0.1, 0.15) is 5.69 Å². The fourth-order valence-electron chi connectivity index (χ4n) is 8.86. The average molecular weight is 928 g/mol. The average Bonchev–Trinajstić information content (AvgIpc) is 3.88. The van der Waals surface area contributed by atoms with E-state index in [4.69, 9.17) is 38.1 Å². The number of carboxylic acids is 1. The van der Waals surface area contributed by atoms with Crippen molar-refractivity contribution in [2.24, 2.45) is 17.3 Å². The van der Waals surface area contributed by atoms with Crippen LogP contribution in [0.15, 0.2) is 66.9 Å². The number of fused-ring (bicyclic) bond motifs is 1. The monoisotopic (exact) mass is 927 g/mol. The molecule has 1 unspecified atom stereocenters. The van der Waals surface area contributed by atoms with Gasteiger partial charge in [-0.3, -0.25) is 19.6 Å². The second kappa shape index (κ2) is 28.5. The fourth-order valence-corrected chi connectivity index (χ4v) is 8.86. The molecule has 364 valence electrons. The molecule has 6 rings (SSSR count). The van der Waals surface area contributed by atoms with Gasteiger partial charge in [0.05, 0.1) is 96.7 Å². The first-order chi connectivity index (χ1) is 32.8. The van der Waals surface area contributed by atoms with Crippen molar-refractivity contribution < 1.29 is 52.6 Å². The number of nitrogens with one attached hydrogen (secondary N) is 1. The molecule has 3 heterocycles. The van der Waals surface area contributed by atoms with E-state index in [1.165, 1.54) is 6.07 Å². The molecule has 1 aromatic carbocycles. The summed E-state index contributed by atoms with van der Waals surface area (Å²) in [5.41, 5.74) is 3.45. The normalized spacial score (nSPS) is 22.0. The van der Waals surface area contributed by atoms with Gasteiger partial charge in [-0.25, -0.2) is 14.6 Å². The molecule has 3 aliphatic rings. The number of rotatable bonds is 19. The molecule has 2 aliphatic carbocycles. The van der Waals surface area contributed by atoms with Crippen molar-refractivity contribution in [2.45, 2.75) is 58.0 Å². The molecule has 0 radical (unpaired) electrons. The van der Waals surface area contributed by atoms with Crippen molar-refractivity contribution >= 4 is 17.8 Å². The molecule has 3 aromatic rings. The molecule has 0 spiro atoms. The zero-order chi connectivity index (χ0) is 46.9. The summed E-state index contributed by atoms with van der Waals surface area (Å²) in [7, 11) is 0. The Kier molecular flexibility index (Phi) is 21.9. The molecular weight excluding hydrogens is 859 g/mol. The van der Waals surface area contributed by atoms with E-state index in [2.05, 4.69) is 38.9 Å². The second-order valence-corrected chi connectivity index (χ2v) is 17.2. The van der Waals surface area contributed by atoms with Gasteiger partial charge in [0.25, 0.3) is 0 Å². The van der Waals surface area contributed by atoms with Crippen LogP contribution < -0.4 is 5.32 Å². The van der Waals surface area contributed by atoms with E-state index in [1.807, 2.05) is 48.5 Å². The molecule has 16 heteroatoms. The molecule has 1 aliphatic heterocycles. The number of Topliss-reactive ketones (excluding diaryl/α,β-unsaturated/α-hetero) is 1. The highest BCUT2D eigenvalue weighted by Crippen LogP contribution is 2.63. The van der Waals surface area contributed by atoms with Crippen molar-refractivity contribution in [3.63, 3.8) is 0 Å². The zero-order valence-electron chi connectivity index (χ0n) is 39.1. The summed E-state index contributed by atoms with van der Waals surface area (Å²) in [6.07, 6.45) is 6.33. The Morgan fingerprint density at radius 3 is 2.19 bits per heavy atom. The van der Waals surface area contributed by atoms with Gasteiger partial charge in [-0.15, -0.1) is 11.8 Å². The van der Waals surface area contributed by atoms with E-state index in [0.29, 0.717) is 161 Å². The number of ether oxygens (including phenoxy) is 7. The van der Waals surface area contributed by atoms with Crippen LogP contribution in [0.3, 0.4) is 0 Å². The number of pyridine rings is 2. The number of carboxylic acid groups (broad SMARTS) is 1. The largest absolute Gasteiger partial charge is 0.477 e. The maximum Gasteiger partial charge on any atom is 0.407 e. The van der Waals surface area contributed by atoms with Crippen LogP contribution in [0.5, 0.6) is 0 Å². The van der Waals surface area contributed by atoms with Crippen molar-refractivity contribution in [3.8, 4) is 11.8 Å². The van der Waals surface area contributed by atoms with E-state index in [-0.39, 0.29) is 22.9 Å². The summed E-state index contributed by atoms with van der Waals surface area (Å²) in [4.78, 5) is 50.3. The summed E-state index contributed by atoms with van der Waals surface area (Å²) in [6.45, 7) is 11.2. The number of alkyl carbamates (subject to hydrolysis) is 1. The minimum atomic E-state index is -1.05. The van der Waals surface area contributed by atoms with Crippen LogP contribution in [-0.2, 0) is 39.7 Å². The topological polar surface area (TPSA) is 180 Å². The van der Waals surface area contributed by atoms with Gasteiger partial charge < -0.3 is 43.6 Å². The number of nitrogens with zero attached hydrogens (tertiary/aromatic N) is 4. The predicted molar refractivity (Wildman–Crippen MR) is 250 cm³/mol. The number of benzene rings is 1. The summed E-state index contributed by atoms with van der Waals surface area (Å²) in [6, 6.07) is 18.5. The predicted octanol–water partition coefficient (Wildman–Crippen LogP) is 5.70. The highest BCUT2D eigenvalue weighted by molar-refractivity contribution is 5.96. The first-order valence-electron chi connectivity index (χ1n) is 23.8. The molecule has 0 bridgehead atoms. The quantitative estimate of drug-likeness (QED) is 0.0849. The lowest BCUT2D eigenvalue weighted by atomic mass is 9.95. The molecule has 2 fully saturated rings. The molecule has 2 aromatic heterocycles. The molecule has 1 amide bonds. The van der Waals surface area contributed by atoms with Crippen LogP contribution >= 0.6 is 0 Å². The van der Waals surface area contributed by atoms with Crippen LogP contribution in [0.1, 0.15) is 89.3 Å². The number of aromatic nitrogens is 2. The van der Waals surface area contributed by atoms with Crippen molar-refractivity contribution in [2.75, 3.05) is 119 Å². The number of ketones is 1. The van der Waals surface area contributed by atoms with Gasteiger partial charge in [-0.1, -0.05) is 43.3 Å². The lowest BCUT2D eigenvalue weighted by Crippen LogP contribution is -2.36. The third-order valence-electron chi connectivity index (χ3n) is 12.7. The van der Waals surface area contributed by atoms with Gasteiger partial charge in [-0.05, 0) is 60.4 Å². The van der Waals surface area contributed by atoms with Gasteiger partial charge >= 0.3 is 12.1 Å². The highest BCUT2D eigenvalue weighted by atomic mass is 16.6. The number of carbonyl (C=O) groups excluding carboxylic acids is 2. The van der Waals surface area contributed by atoms with Crippen LogP contribution in [0.4, 0.5) is 4.79 Å². The third kappa shape index (κ3) is 17.3. The summed E-state index contributed by atoms with van der Waals surface area (Å²) >= 11 is 0. The van der Waals surface area contributed by atoms with Gasteiger partial charge in [0.2, 0.25) is 0 Å². The second-order valence-electron chi connectivity index (χ2n) is 17.2. The Balaban J connectivity index is 0.886. The number of aromatic carboxylic acids is 1. The van der Waals surface area contributed by atoms with Crippen molar-refractivity contribution in [3.05, 3.63) is 95.1 Å². The molecule has 2 N–H and O–H groups in total. The molecule has 67 heavy (non-hydrogen) atoms. The van der Waals surface area contributed by atoms with Gasteiger partial charge in [0, 0.05) is 82.8 Å². The third-order valence-corrected chi connectivity index (χ3v) is 12.7. The maximum atomic E-state index is 13.2. The molecule has 16 nitrogen and oxygen atoms in total. The number of hydrogen-bond acceptors (Lipinski definition) is 14. The maximum absolute atomic E-state index is 13.2. The number of carbonyl (C=O) groups is 3. The van der Waals surface area contributed by atoms with Crippen molar-refractivity contribution in [1.82, 2.24) is 25.1 Å². The molecular formula is C51H69N5O11. The number of hydrogen-bond donors (Lipinski definition) is 2. The van der Waals surface area contributed by atoms with Crippen molar-refractivity contribution in [1.29, 1.82) is 0 Å². The Morgan fingerprint density at radius 2 is 1.51 bits per heavy atom. The van der Waals surface area contributed by atoms with E-state index in [9.17, 15) is 19.5 Å². The first kappa shape index (κ1) is 51.6. The summed E-state index contributed by atoms with van der Waals surface area (Å²) in [5, 5.41) is 12.1. The van der Waals surface area contributed by atoms with Crippen LogP contribution in [0.25, 0.3) is 0 Å². The number of amides is 1. The van der Waals surface area contributed by atoms with Crippen LogP contribution in [0.2, 0.25) is 0 Å². The van der Waals surface area contributed by atoms with E-state index < -0.39 is 12.1 Å². The van der Waals surface area contributed by atoms with Gasteiger partial charge in [0.15, 0.2) is 5.78 Å². The lowest BCUT2D eigenvalue weighted by Gasteiger charge is -2.32. The smallest absolute Gasteiger partial charge is 0.407 e. The Labute approximate surface area is 395 Å². The van der Waals surface area contributed by atoms with Crippen LogP contribution in [-0.4, -0.2) is 161 Å². The van der Waals surface area contributed by atoms with Gasteiger partial charge in [-0.2, -0.15) is 0 Å². The SMILES string of the molecule is C[C@]12CCC#CCC[C@H]1[C@H]2COC(=O)NCCOCCOCCCC(=O)c1ccc(C(c2ccccn2)N2CCOCCOCCN(Cc3cccc(C(=O)O)n3)CCOCCOCC2)cc1. The summed E-state index contributed by atoms with van der Waals surface area (Å²) < 4.78 is 40.8.